The molecule has 0 bridgehead atoms. The Kier molecular flexibility index (Phi) is 7.44. The van der Waals surface area contributed by atoms with E-state index >= 15 is 0 Å². The van der Waals surface area contributed by atoms with Gasteiger partial charge in [-0.2, -0.15) is 0 Å². The van der Waals surface area contributed by atoms with Crippen molar-refractivity contribution in [2.24, 2.45) is 4.99 Å². The van der Waals surface area contributed by atoms with Gasteiger partial charge in [0.25, 0.3) is 0 Å². The minimum atomic E-state index is -0.0141. The maximum atomic E-state index is 5.21. The zero-order valence-electron chi connectivity index (χ0n) is 25.0. The number of allylic oxidation sites excluding steroid dienone is 6. The molecule has 0 amide bonds. The number of aliphatic imine (C=N–C) groups is 1. The van der Waals surface area contributed by atoms with E-state index in [1.807, 2.05) is 0 Å². The molecule has 2 N–H and O–H groups in total. The average molecular weight is 569 g/mol. The zero-order valence-corrected chi connectivity index (χ0v) is 25.0. The molecule has 0 saturated carbocycles. The molecule has 0 aromatic heterocycles. The summed E-state index contributed by atoms with van der Waals surface area (Å²) in [5, 5.41) is 3.56. The van der Waals surface area contributed by atoms with Crippen molar-refractivity contribution in [3.05, 3.63) is 185 Å². The fourth-order valence-electron chi connectivity index (χ4n) is 6.05. The predicted octanol–water partition coefficient (Wildman–Crippen LogP) is 8.70. The molecule has 1 aliphatic heterocycles. The van der Waals surface area contributed by atoms with Crippen molar-refractivity contribution >= 4 is 39.7 Å². The van der Waals surface area contributed by atoms with E-state index in [0.29, 0.717) is 0 Å². The van der Waals surface area contributed by atoms with Gasteiger partial charge in [-0.3, -0.25) is 4.99 Å². The maximum absolute atomic E-state index is 5.21. The van der Waals surface area contributed by atoms with Crippen molar-refractivity contribution in [3.63, 3.8) is 0 Å². The summed E-state index contributed by atoms with van der Waals surface area (Å²) in [5.74, 6) is -0.0141. The van der Waals surface area contributed by atoms with Crippen LogP contribution in [0, 0.1) is 13.8 Å². The molecule has 44 heavy (non-hydrogen) atoms. The molecule has 3 heteroatoms. The first-order chi connectivity index (χ1) is 21.6. The van der Waals surface area contributed by atoms with Gasteiger partial charge < -0.3 is 5.32 Å². The van der Waals surface area contributed by atoms with Gasteiger partial charge in [0.15, 0.2) is 0 Å². The van der Waals surface area contributed by atoms with Gasteiger partial charge in [-0.25, -0.2) is 4.99 Å². The lowest BCUT2D eigenvalue weighted by atomic mass is 9.79. The summed E-state index contributed by atoms with van der Waals surface area (Å²) >= 11 is 0. The molecule has 7 rings (SSSR count). The standard InChI is InChI=1S/C41H33N3/c1-28-10-8-14-35(26-28)42-33-22-18-30(19-23-33)39(31-20-24-34(25-21-31)43-36-15-9-11-29(2)27-36)40-37-16-6-7-17-38(37)44-41(40)32-12-4-3-5-13-32/h3-27,40,42H,1-2H3/p+1. The molecule has 5 aromatic carbocycles. The Balaban J connectivity index is 1.33. The van der Waals surface area contributed by atoms with Crippen LogP contribution in [0.4, 0.5) is 22.7 Å². The molecular formula is C41H34N3+. The Hall–Kier alpha value is -5.54. The molecule has 2 aliphatic rings. The first kappa shape index (κ1) is 27.3. The molecule has 3 nitrogen and oxygen atoms in total. The van der Waals surface area contributed by atoms with Crippen molar-refractivity contribution in [1.82, 2.24) is 0 Å². The smallest absolute Gasteiger partial charge is 0.204 e. The summed E-state index contributed by atoms with van der Waals surface area (Å²) in [6.07, 6.45) is 8.81. The Morgan fingerprint density at radius 2 is 1.34 bits per heavy atom. The van der Waals surface area contributed by atoms with Gasteiger partial charge in [0.05, 0.1) is 17.3 Å². The van der Waals surface area contributed by atoms with Crippen LogP contribution < -0.4 is 10.3 Å². The summed E-state index contributed by atoms with van der Waals surface area (Å²) in [6, 6.07) is 44.8. The van der Waals surface area contributed by atoms with E-state index in [2.05, 4.69) is 176 Å². The summed E-state index contributed by atoms with van der Waals surface area (Å²) in [7, 11) is 0. The van der Waals surface area contributed by atoms with Gasteiger partial charge in [-0.1, -0.05) is 84.9 Å². The van der Waals surface area contributed by atoms with Crippen LogP contribution in [-0.4, -0.2) is 11.4 Å². The highest BCUT2D eigenvalue weighted by molar-refractivity contribution is 6.17. The lowest BCUT2D eigenvalue weighted by Gasteiger charge is -2.23. The number of hydrogen-bond acceptors (Lipinski definition) is 2. The normalized spacial score (nSPS) is 15.1. The zero-order chi connectivity index (χ0) is 29.9. The van der Waals surface area contributed by atoms with E-state index in [1.165, 1.54) is 33.4 Å². The quantitative estimate of drug-likeness (QED) is 0.211. The van der Waals surface area contributed by atoms with Gasteiger partial charge in [0.1, 0.15) is 0 Å². The third kappa shape index (κ3) is 5.73. The molecule has 5 aromatic rings. The maximum Gasteiger partial charge on any atom is 0.204 e. The van der Waals surface area contributed by atoms with Crippen LogP contribution in [0.1, 0.15) is 33.7 Å². The summed E-state index contributed by atoms with van der Waals surface area (Å²) in [6.45, 7) is 4.23. The summed E-state index contributed by atoms with van der Waals surface area (Å²) in [4.78, 5) is 8.77. The predicted molar refractivity (Wildman–Crippen MR) is 185 cm³/mol. The number of aryl methyl sites for hydroxylation is 2. The van der Waals surface area contributed by atoms with E-state index in [0.717, 1.165) is 39.7 Å². The first-order valence-corrected chi connectivity index (χ1v) is 15.1. The second-order valence-corrected chi connectivity index (χ2v) is 11.4. The molecule has 1 atom stereocenters. The second-order valence-electron chi connectivity index (χ2n) is 11.4. The molecule has 212 valence electrons. The van der Waals surface area contributed by atoms with E-state index < -0.39 is 0 Å². The SMILES string of the molecule is Cc1cccc(Nc2ccc(C(=C3C=CC(=[NH+]c4cccc(C)c4)C=C3)C3C(c4ccccc4)=Nc4ccccc43)cc2)c1. The Labute approximate surface area is 259 Å². The van der Waals surface area contributed by atoms with Crippen LogP contribution in [0.15, 0.2) is 162 Å². The molecule has 1 unspecified atom stereocenters. The molecule has 0 saturated heterocycles. The number of hydrogen-bond donors (Lipinski definition) is 2. The number of para-hydroxylation sites is 1. The molecule has 0 spiro atoms. The lowest BCUT2D eigenvalue weighted by molar-refractivity contribution is -0.351. The Bertz CT molecular complexity index is 1970. The second kappa shape index (κ2) is 12.0. The van der Waals surface area contributed by atoms with Gasteiger partial charge in [-0.15, -0.1) is 0 Å². The minimum absolute atomic E-state index is 0.0141. The van der Waals surface area contributed by atoms with E-state index in [1.54, 1.807) is 0 Å². The summed E-state index contributed by atoms with van der Waals surface area (Å²) < 4.78 is 0. The van der Waals surface area contributed by atoms with Crippen LogP contribution in [0.3, 0.4) is 0 Å². The lowest BCUT2D eigenvalue weighted by Crippen LogP contribution is -2.65. The number of nitrogens with one attached hydrogen (secondary N) is 2. The number of fused-ring (bicyclic) bond motifs is 1. The largest absolute Gasteiger partial charge is 0.356 e. The molecule has 1 aliphatic carbocycles. The molecule has 0 radical (unpaired) electrons. The van der Waals surface area contributed by atoms with Crippen molar-refractivity contribution in [1.29, 1.82) is 0 Å². The van der Waals surface area contributed by atoms with E-state index in [4.69, 9.17) is 4.99 Å². The highest BCUT2D eigenvalue weighted by atomic mass is 14.9. The van der Waals surface area contributed by atoms with E-state index in [9.17, 15) is 0 Å². The van der Waals surface area contributed by atoms with Crippen LogP contribution in [0.25, 0.3) is 5.57 Å². The fourth-order valence-corrected chi connectivity index (χ4v) is 6.05. The number of anilines is 2. The van der Waals surface area contributed by atoms with Crippen LogP contribution in [0.2, 0.25) is 0 Å². The fraction of sp³-hybridized carbons (Fsp3) is 0.0732. The van der Waals surface area contributed by atoms with Crippen molar-refractivity contribution < 1.29 is 4.99 Å². The molecule has 1 heterocycles. The van der Waals surface area contributed by atoms with Crippen molar-refractivity contribution in [2.75, 3.05) is 5.32 Å². The number of nitrogens with zero attached hydrogens (tertiary/aromatic N) is 1. The van der Waals surface area contributed by atoms with E-state index in [-0.39, 0.29) is 5.92 Å². The molecular weight excluding hydrogens is 534 g/mol. The average Bonchev–Trinajstić information content (AvgIpc) is 3.43. The van der Waals surface area contributed by atoms with Crippen molar-refractivity contribution in [2.45, 2.75) is 19.8 Å². The van der Waals surface area contributed by atoms with Gasteiger partial charge in [0, 0.05) is 35.7 Å². The van der Waals surface area contributed by atoms with Gasteiger partial charge in [-0.05, 0) is 95.3 Å². The first-order valence-electron chi connectivity index (χ1n) is 15.1. The molecule has 0 fully saturated rings. The highest BCUT2D eigenvalue weighted by Crippen LogP contribution is 2.47. The number of benzene rings is 5. The van der Waals surface area contributed by atoms with Crippen LogP contribution in [0.5, 0.6) is 0 Å². The number of rotatable bonds is 6. The monoisotopic (exact) mass is 568 g/mol. The Morgan fingerprint density at radius 3 is 2.09 bits per heavy atom. The topological polar surface area (TPSA) is 38.4 Å². The van der Waals surface area contributed by atoms with Gasteiger partial charge >= 0.3 is 0 Å². The summed E-state index contributed by atoms with van der Waals surface area (Å²) in [5.41, 5.74) is 14.8. The van der Waals surface area contributed by atoms with Gasteiger partial charge in [0.2, 0.25) is 11.4 Å². The van der Waals surface area contributed by atoms with Crippen molar-refractivity contribution in [3.8, 4) is 0 Å². The van der Waals surface area contributed by atoms with Crippen LogP contribution in [-0.2, 0) is 0 Å². The Morgan fingerprint density at radius 1 is 0.636 bits per heavy atom. The minimum Gasteiger partial charge on any atom is -0.356 e. The third-order valence-corrected chi connectivity index (χ3v) is 8.13. The highest BCUT2D eigenvalue weighted by Gasteiger charge is 2.33. The third-order valence-electron chi connectivity index (χ3n) is 8.13. The van der Waals surface area contributed by atoms with Crippen LogP contribution >= 0.6 is 0 Å².